The first-order valence-electron chi connectivity index (χ1n) is 5.69. The van der Waals surface area contributed by atoms with Crippen LogP contribution in [0, 0.1) is 0 Å². The predicted molar refractivity (Wildman–Crippen MR) is 60.1 cm³/mol. The van der Waals surface area contributed by atoms with Crippen molar-refractivity contribution in [1.82, 2.24) is 14.8 Å². The van der Waals surface area contributed by atoms with Crippen molar-refractivity contribution in [2.24, 2.45) is 0 Å². The summed E-state index contributed by atoms with van der Waals surface area (Å²) in [6, 6.07) is 0. The molecule has 1 heterocycles. The van der Waals surface area contributed by atoms with Gasteiger partial charge in [0.15, 0.2) is 5.54 Å². The van der Waals surface area contributed by atoms with Gasteiger partial charge < -0.3 is 5.11 Å². The maximum atomic E-state index is 11.3. The molecular weight excluding hydrogens is 206 g/mol. The van der Waals surface area contributed by atoms with Crippen molar-refractivity contribution in [1.29, 1.82) is 0 Å². The highest BCUT2D eigenvalue weighted by molar-refractivity contribution is 5.75. The summed E-state index contributed by atoms with van der Waals surface area (Å²) in [5.74, 6) is -0.852. The molecule has 1 N–H and O–H groups in total. The minimum atomic E-state index is -0.968. The maximum absolute atomic E-state index is 11.3. The Balaban J connectivity index is 2.63. The van der Waals surface area contributed by atoms with Crippen molar-refractivity contribution < 1.29 is 9.90 Å². The molecule has 0 aromatic carbocycles. The molecule has 5 nitrogen and oxygen atoms in total. The predicted octanol–water partition coefficient (Wildman–Crippen LogP) is 2.05. The lowest BCUT2D eigenvalue weighted by atomic mass is 9.94. The van der Waals surface area contributed by atoms with Gasteiger partial charge in [-0.25, -0.2) is 14.5 Å². The highest BCUT2D eigenvalue weighted by atomic mass is 16.4. The number of aliphatic carboxylic acids is 1. The van der Waals surface area contributed by atoms with Crippen LogP contribution in [0.1, 0.15) is 46.0 Å². The smallest absolute Gasteiger partial charge is 0.331 e. The minimum Gasteiger partial charge on any atom is -0.479 e. The van der Waals surface area contributed by atoms with Crippen LogP contribution >= 0.6 is 0 Å². The second-order valence-corrected chi connectivity index (χ2v) is 4.23. The van der Waals surface area contributed by atoms with Crippen molar-refractivity contribution in [3.8, 4) is 0 Å². The Labute approximate surface area is 95.5 Å². The van der Waals surface area contributed by atoms with Gasteiger partial charge in [-0.15, -0.1) is 0 Å². The van der Waals surface area contributed by atoms with Crippen LogP contribution in [0.25, 0.3) is 0 Å². The number of unbranched alkanes of at least 4 members (excludes halogenated alkanes) is 3. The number of nitrogens with zero attached hydrogens (tertiary/aromatic N) is 3. The summed E-state index contributed by atoms with van der Waals surface area (Å²) in [7, 11) is 0. The second-order valence-electron chi connectivity index (χ2n) is 4.23. The van der Waals surface area contributed by atoms with E-state index in [9.17, 15) is 9.90 Å². The van der Waals surface area contributed by atoms with Crippen LogP contribution in [0.2, 0.25) is 0 Å². The summed E-state index contributed by atoms with van der Waals surface area (Å²) in [5.41, 5.74) is -0.968. The topological polar surface area (TPSA) is 68.0 Å². The molecule has 0 aliphatic carbocycles. The molecule has 0 aliphatic rings. The summed E-state index contributed by atoms with van der Waals surface area (Å²) in [6.45, 7) is 3.82. The average Bonchev–Trinajstić information content (AvgIpc) is 2.77. The van der Waals surface area contributed by atoms with E-state index >= 15 is 0 Å². The van der Waals surface area contributed by atoms with Crippen LogP contribution in [0.4, 0.5) is 0 Å². The third-order valence-corrected chi connectivity index (χ3v) is 2.90. The minimum absolute atomic E-state index is 0.589. The molecule has 90 valence electrons. The van der Waals surface area contributed by atoms with Gasteiger partial charge in [-0.3, -0.25) is 0 Å². The Morgan fingerprint density at radius 3 is 2.69 bits per heavy atom. The van der Waals surface area contributed by atoms with Gasteiger partial charge in [0.05, 0.1) is 0 Å². The van der Waals surface area contributed by atoms with Gasteiger partial charge in [0.1, 0.15) is 12.7 Å². The molecule has 1 atom stereocenters. The SMILES string of the molecule is CCCCCCC(C)(C(=O)O)n1cncn1. The molecule has 0 saturated heterocycles. The molecule has 1 aromatic heterocycles. The van der Waals surface area contributed by atoms with Crippen molar-refractivity contribution in [2.45, 2.75) is 51.5 Å². The Kier molecular flexibility index (Phi) is 4.46. The van der Waals surface area contributed by atoms with E-state index in [4.69, 9.17) is 0 Å². The van der Waals surface area contributed by atoms with E-state index < -0.39 is 11.5 Å². The van der Waals surface area contributed by atoms with Crippen LogP contribution in [-0.4, -0.2) is 25.8 Å². The number of rotatable bonds is 7. The monoisotopic (exact) mass is 225 g/mol. The van der Waals surface area contributed by atoms with Crippen molar-refractivity contribution in [3.05, 3.63) is 12.7 Å². The first kappa shape index (κ1) is 12.7. The fourth-order valence-electron chi connectivity index (χ4n) is 1.68. The van der Waals surface area contributed by atoms with E-state index in [1.54, 1.807) is 6.92 Å². The molecule has 1 unspecified atom stereocenters. The molecule has 0 fully saturated rings. The van der Waals surface area contributed by atoms with E-state index in [-0.39, 0.29) is 0 Å². The molecule has 0 saturated carbocycles. The zero-order valence-electron chi connectivity index (χ0n) is 9.89. The number of hydrogen-bond acceptors (Lipinski definition) is 3. The Morgan fingerprint density at radius 2 is 2.19 bits per heavy atom. The summed E-state index contributed by atoms with van der Waals surface area (Å²) in [6.07, 6.45) is 7.68. The van der Waals surface area contributed by atoms with E-state index in [2.05, 4.69) is 17.0 Å². The largest absolute Gasteiger partial charge is 0.479 e. The van der Waals surface area contributed by atoms with Crippen LogP contribution in [-0.2, 0) is 10.3 Å². The molecule has 0 amide bonds. The number of carboxylic acids is 1. The number of aromatic nitrogens is 3. The number of carboxylic acid groups (broad SMARTS) is 1. The van der Waals surface area contributed by atoms with Crippen molar-refractivity contribution >= 4 is 5.97 Å². The Bertz CT molecular complexity index is 324. The fraction of sp³-hybridized carbons (Fsp3) is 0.727. The van der Waals surface area contributed by atoms with Gasteiger partial charge in [-0.2, -0.15) is 5.10 Å². The summed E-state index contributed by atoms with van der Waals surface area (Å²) in [4.78, 5) is 15.1. The lowest BCUT2D eigenvalue weighted by molar-refractivity contribution is -0.147. The summed E-state index contributed by atoms with van der Waals surface area (Å²) < 4.78 is 1.43. The first-order chi connectivity index (χ1) is 7.61. The van der Waals surface area contributed by atoms with Crippen LogP contribution in [0.5, 0.6) is 0 Å². The second kappa shape index (κ2) is 5.63. The molecule has 5 heteroatoms. The standard InChI is InChI=1S/C11H19N3O2/c1-3-4-5-6-7-11(2,10(15)16)14-9-12-8-13-14/h8-9H,3-7H2,1-2H3,(H,15,16). The zero-order chi connectivity index (χ0) is 12.0. The molecule has 0 bridgehead atoms. The summed E-state index contributed by atoms with van der Waals surface area (Å²) in [5, 5.41) is 13.2. The Morgan fingerprint density at radius 1 is 1.44 bits per heavy atom. The van der Waals surface area contributed by atoms with E-state index in [0.717, 1.165) is 25.7 Å². The van der Waals surface area contributed by atoms with E-state index in [1.807, 2.05) is 0 Å². The molecule has 0 radical (unpaired) electrons. The molecule has 1 aromatic rings. The Hall–Kier alpha value is -1.39. The maximum Gasteiger partial charge on any atom is 0.331 e. The third-order valence-electron chi connectivity index (χ3n) is 2.90. The highest BCUT2D eigenvalue weighted by Gasteiger charge is 2.35. The molecular formula is C11H19N3O2. The highest BCUT2D eigenvalue weighted by Crippen LogP contribution is 2.23. The van der Waals surface area contributed by atoms with Crippen molar-refractivity contribution in [3.63, 3.8) is 0 Å². The quantitative estimate of drug-likeness (QED) is 0.721. The normalized spacial score (nSPS) is 14.6. The van der Waals surface area contributed by atoms with Crippen molar-refractivity contribution in [2.75, 3.05) is 0 Å². The van der Waals surface area contributed by atoms with Gasteiger partial charge >= 0.3 is 5.97 Å². The first-order valence-corrected chi connectivity index (χ1v) is 5.69. The van der Waals surface area contributed by atoms with Gasteiger partial charge in [-0.05, 0) is 13.3 Å². The summed E-state index contributed by atoms with van der Waals surface area (Å²) >= 11 is 0. The van der Waals surface area contributed by atoms with Crippen LogP contribution in [0.15, 0.2) is 12.7 Å². The molecule has 0 aliphatic heterocycles. The molecule has 1 rings (SSSR count). The van der Waals surface area contributed by atoms with E-state index in [1.165, 1.54) is 17.3 Å². The van der Waals surface area contributed by atoms with Crippen LogP contribution < -0.4 is 0 Å². The molecule has 16 heavy (non-hydrogen) atoms. The fourth-order valence-corrected chi connectivity index (χ4v) is 1.68. The van der Waals surface area contributed by atoms with Gasteiger partial charge in [0.25, 0.3) is 0 Å². The van der Waals surface area contributed by atoms with Gasteiger partial charge in [0.2, 0.25) is 0 Å². The zero-order valence-corrected chi connectivity index (χ0v) is 9.89. The third kappa shape index (κ3) is 2.81. The number of carbonyl (C=O) groups is 1. The molecule has 0 spiro atoms. The lowest BCUT2D eigenvalue weighted by Gasteiger charge is -2.24. The number of hydrogen-bond donors (Lipinski definition) is 1. The van der Waals surface area contributed by atoms with E-state index in [0.29, 0.717) is 6.42 Å². The average molecular weight is 225 g/mol. The van der Waals surface area contributed by atoms with Crippen LogP contribution in [0.3, 0.4) is 0 Å². The van der Waals surface area contributed by atoms with Gasteiger partial charge in [-0.1, -0.05) is 32.6 Å². The van der Waals surface area contributed by atoms with Gasteiger partial charge in [0, 0.05) is 0 Å². The lowest BCUT2D eigenvalue weighted by Crippen LogP contribution is -2.39.